The lowest BCUT2D eigenvalue weighted by Gasteiger charge is -2.21. The molecule has 1 N–H and O–H groups in total. The molecule has 4 nitrogen and oxygen atoms in total. The summed E-state index contributed by atoms with van der Waals surface area (Å²) in [7, 11) is 2.04. The number of nitriles is 1. The van der Waals surface area contributed by atoms with E-state index in [1.807, 2.05) is 31.3 Å². The summed E-state index contributed by atoms with van der Waals surface area (Å²) in [4.78, 5) is 6.76. The smallest absolute Gasteiger partial charge is 0.193 e. The average Bonchev–Trinajstić information content (AvgIpc) is 2.51. The monoisotopic (exact) mass is 284 g/mol. The van der Waals surface area contributed by atoms with Gasteiger partial charge >= 0.3 is 0 Å². The van der Waals surface area contributed by atoms with E-state index in [4.69, 9.17) is 5.26 Å². The number of aliphatic imine (C=N–C) groups is 1. The first-order chi connectivity index (χ1) is 10.2. The Bertz CT molecular complexity index is 514. The van der Waals surface area contributed by atoms with Crippen LogP contribution >= 0.6 is 0 Å². The summed E-state index contributed by atoms with van der Waals surface area (Å²) in [5.41, 5.74) is 1.72. The number of nitrogens with one attached hydrogen (secondary N) is 1. The fourth-order valence-electron chi connectivity index (χ4n) is 1.95. The maximum Gasteiger partial charge on any atom is 0.193 e. The largest absolute Gasteiger partial charge is 0.357 e. The number of nitrogens with zero attached hydrogens (tertiary/aromatic N) is 3. The number of rotatable bonds is 7. The standard InChI is InChI=1S/C17H24N4/c1-4-6-7-11-21(3)17(19-5-2)20-14-16-10-8-9-15(12-16)13-18/h4,8-10,12H,1,5-7,11,14H2,2-3H3,(H,19,20). The van der Waals surface area contributed by atoms with Crippen LogP contribution in [0.15, 0.2) is 41.9 Å². The number of unbranched alkanes of at least 4 members (excludes halogenated alkanes) is 1. The Balaban J connectivity index is 2.69. The van der Waals surface area contributed by atoms with Crippen molar-refractivity contribution < 1.29 is 0 Å². The van der Waals surface area contributed by atoms with E-state index in [-0.39, 0.29) is 0 Å². The fraction of sp³-hybridized carbons (Fsp3) is 0.412. The summed E-state index contributed by atoms with van der Waals surface area (Å²) in [6.45, 7) is 8.15. The second-order valence-corrected chi connectivity index (χ2v) is 4.83. The number of hydrogen-bond donors (Lipinski definition) is 1. The number of hydrogen-bond acceptors (Lipinski definition) is 2. The van der Waals surface area contributed by atoms with Gasteiger partial charge in [0.2, 0.25) is 0 Å². The first-order valence-corrected chi connectivity index (χ1v) is 7.30. The zero-order valence-electron chi connectivity index (χ0n) is 13.0. The van der Waals surface area contributed by atoms with E-state index in [9.17, 15) is 0 Å². The third-order valence-corrected chi connectivity index (χ3v) is 3.07. The van der Waals surface area contributed by atoms with Crippen LogP contribution in [0.3, 0.4) is 0 Å². The van der Waals surface area contributed by atoms with Gasteiger partial charge in [-0.3, -0.25) is 0 Å². The zero-order valence-corrected chi connectivity index (χ0v) is 13.0. The minimum Gasteiger partial charge on any atom is -0.357 e. The maximum absolute atomic E-state index is 8.92. The molecular formula is C17H24N4. The highest BCUT2D eigenvalue weighted by Crippen LogP contribution is 2.06. The molecule has 1 rings (SSSR count). The molecule has 112 valence electrons. The van der Waals surface area contributed by atoms with Gasteiger partial charge in [0, 0.05) is 20.1 Å². The van der Waals surface area contributed by atoms with Crippen molar-refractivity contribution >= 4 is 5.96 Å². The highest BCUT2D eigenvalue weighted by atomic mass is 15.3. The minimum absolute atomic E-state index is 0.573. The highest BCUT2D eigenvalue weighted by molar-refractivity contribution is 5.79. The second kappa shape index (κ2) is 9.60. The molecule has 0 aliphatic carbocycles. The van der Waals surface area contributed by atoms with Crippen molar-refractivity contribution in [3.63, 3.8) is 0 Å². The van der Waals surface area contributed by atoms with Gasteiger partial charge in [-0.2, -0.15) is 5.26 Å². The Morgan fingerprint density at radius 1 is 1.52 bits per heavy atom. The van der Waals surface area contributed by atoms with Gasteiger partial charge in [0.15, 0.2) is 5.96 Å². The van der Waals surface area contributed by atoms with E-state index in [2.05, 4.69) is 34.8 Å². The molecule has 0 bridgehead atoms. The predicted octanol–water partition coefficient (Wildman–Crippen LogP) is 2.92. The lowest BCUT2D eigenvalue weighted by atomic mass is 10.1. The van der Waals surface area contributed by atoms with Gasteiger partial charge in [-0.1, -0.05) is 18.2 Å². The first kappa shape index (κ1) is 16.8. The van der Waals surface area contributed by atoms with Crippen LogP contribution in [0, 0.1) is 11.3 Å². The lowest BCUT2D eigenvalue weighted by Crippen LogP contribution is -2.39. The van der Waals surface area contributed by atoms with Crippen LogP contribution in [0.25, 0.3) is 0 Å². The molecule has 0 aliphatic rings. The molecule has 0 aliphatic heterocycles. The lowest BCUT2D eigenvalue weighted by molar-refractivity contribution is 0.470. The van der Waals surface area contributed by atoms with Gasteiger partial charge in [-0.05, 0) is 37.5 Å². The van der Waals surface area contributed by atoms with Crippen LogP contribution in [-0.4, -0.2) is 31.0 Å². The van der Waals surface area contributed by atoms with Crippen molar-refractivity contribution in [2.75, 3.05) is 20.1 Å². The normalized spacial score (nSPS) is 10.8. The Labute approximate surface area is 127 Å². The van der Waals surface area contributed by atoms with Crippen molar-refractivity contribution in [1.29, 1.82) is 5.26 Å². The molecule has 21 heavy (non-hydrogen) atoms. The van der Waals surface area contributed by atoms with Gasteiger partial charge in [0.25, 0.3) is 0 Å². The SMILES string of the molecule is C=CCCCN(C)C(=NCc1cccc(C#N)c1)NCC. The van der Waals surface area contributed by atoms with Gasteiger partial charge in [-0.15, -0.1) is 6.58 Å². The van der Waals surface area contributed by atoms with Crippen molar-refractivity contribution in [3.05, 3.63) is 48.0 Å². The molecule has 0 unspecified atom stereocenters. The van der Waals surface area contributed by atoms with Crippen LogP contribution in [0.1, 0.15) is 30.9 Å². The first-order valence-electron chi connectivity index (χ1n) is 7.30. The number of guanidine groups is 1. The van der Waals surface area contributed by atoms with Crippen LogP contribution in [-0.2, 0) is 6.54 Å². The van der Waals surface area contributed by atoms with Crippen LogP contribution in [0.4, 0.5) is 0 Å². The zero-order chi connectivity index (χ0) is 15.5. The van der Waals surface area contributed by atoms with E-state index >= 15 is 0 Å². The molecule has 0 heterocycles. The molecule has 1 aromatic carbocycles. The number of allylic oxidation sites excluding steroid dienone is 1. The molecule has 0 aromatic heterocycles. The second-order valence-electron chi connectivity index (χ2n) is 4.83. The van der Waals surface area contributed by atoms with E-state index in [1.165, 1.54) is 0 Å². The van der Waals surface area contributed by atoms with Crippen LogP contribution in [0.2, 0.25) is 0 Å². The molecule has 0 saturated heterocycles. The molecule has 1 aromatic rings. The van der Waals surface area contributed by atoms with E-state index in [0.717, 1.165) is 37.5 Å². The summed E-state index contributed by atoms with van der Waals surface area (Å²) in [6, 6.07) is 9.72. The predicted molar refractivity (Wildman–Crippen MR) is 88.0 cm³/mol. The topological polar surface area (TPSA) is 51.4 Å². The van der Waals surface area contributed by atoms with Gasteiger partial charge in [0.1, 0.15) is 0 Å². The van der Waals surface area contributed by atoms with Crippen molar-refractivity contribution in [3.8, 4) is 6.07 Å². The average molecular weight is 284 g/mol. The Morgan fingerprint density at radius 3 is 3.00 bits per heavy atom. The van der Waals surface area contributed by atoms with Gasteiger partial charge in [-0.25, -0.2) is 4.99 Å². The van der Waals surface area contributed by atoms with Crippen molar-refractivity contribution in [2.24, 2.45) is 4.99 Å². The van der Waals surface area contributed by atoms with E-state index < -0.39 is 0 Å². The molecule has 0 saturated carbocycles. The molecule has 0 spiro atoms. The highest BCUT2D eigenvalue weighted by Gasteiger charge is 2.04. The molecule has 4 heteroatoms. The molecule has 0 amide bonds. The molecular weight excluding hydrogens is 260 g/mol. The Hall–Kier alpha value is -2.28. The minimum atomic E-state index is 0.573. The third kappa shape index (κ3) is 6.13. The van der Waals surface area contributed by atoms with Crippen LogP contribution < -0.4 is 5.32 Å². The quantitative estimate of drug-likeness (QED) is 0.362. The van der Waals surface area contributed by atoms with Crippen molar-refractivity contribution in [2.45, 2.75) is 26.3 Å². The summed E-state index contributed by atoms with van der Waals surface area (Å²) in [5.74, 6) is 0.893. The fourth-order valence-corrected chi connectivity index (χ4v) is 1.95. The Kier molecular flexibility index (Phi) is 7.67. The molecule has 0 radical (unpaired) electrons. The summed E-state index contributed by atoms with van der Waals surface area (Å²) in [5, 5.41) is 12.2. The summed E-state index contributed by atoms with van der Waals surface area (Å²) < 4.78 is 0. The van der Waals surface area contributed by atoms with Gasteiger partial charge in [0.05, 0.1) is 18.2 Å². The summed E-state index contributed by atoms with van der Waals surface area (Å²) >= 11 is 0. The molecule has 0 fully saturated rings. The van der Waals surface area contributed by atoms with Crippen LogP contribution in [0.5, 0.6) is 0 Å². The Morgan fingerprint density at radius 2 is 2.33 bits per heavy atom. The molecule has 0 atom stereocenters. The summed E-state index contributed by atoms with van der Waals surface area (Å²) in [6.07, 6.45) is 4.01. The van der Waals surface area contributed by atoms with Gasteiger partial charge < -0.3 is 10.2 Å². The number of benzene rings is 1. The van der Waals surface area contributed by atoms with Crippen molar-refractivity contribution in [1.82, 2.24) is 10.2 Å². The van der Waals surface area contributed by atoms with E-state index in [0.29, 0.717) is 12.1 Å². The van der Waals surface area contributed by atoms with E-state index in [1.54, 1.807) is 6.07 Å². The maximum atomic E-state index is 8.92. The third-order valence-electron chi connectivity index (χ3n) is 3.07.